The molecule has 0 saturated carbocycles. The minimum atomic E-state index is -0.841. The predicted molar refractivity (Wildman–Crippen MR) is 150 cm³/mol. The first-order valence-electron chi connectivity index (χ1n) is 13.0. The molecule has 0 fully saturated rings. The quantitative estimate of drug-likeness (QED) is 0.0879. The van der Waals surface area contributed by atoms with E-state index in [4.69, 9.17) is 18.9 Å². The monoisotopic (exact) mass is 516 g/mol. The first kappa shape index (κ1) is 24.6. The van der Waals surface area contributed by atoms with Gasteiger partial charge in [-0.15, -0.1) is 0 Å². The molecule has 0 N–H and O–H groups in total. The summed E-state index contributed by atoms with van der Waals surface area (Å²) >= 11 is 0. The van der Waals surface area contributed by atoms with E-state index in [9.17, 15) is 4.79 Å². The Bertz CT molecular complexity index is 1600. The molecule has 0 bridgehead atoms. The van der Waals surface area contributed by atoms with Crippen molar-refractivity contribution >= 4 is 5.97 Å². The van der Waals surface area contributed by atoms with Crippen LogP contribution in [0.4, 0.5) is 0 Å². The average molecular weight is 517 g/mol. The van der Waals surface area contributed by atoms with Crippen molar-refractivity contribution in [2.45, 2.75) is 26.1 Å². The van der Waals surface area contributed by atoms with Crippen molar-refractivity contribution < 1.29 is 23.7 Å². The summed E-state index contributed by atoms with van der Waals surface area (Å²) in [7, 11) is 0. The lowest BCUT2D eigenvalue weighted by Gasteiger charge is -2.20. The van der Waals surface area contributed by atoms with Crippen LogP contribution in [-0.4, -0.2) is 18.9 Å². The molecule has 0 spiro atoms. The van der Waals surface area contributed by atoms with Crippen LogP contribution in [0.15, 0.2) is 110 Å². The number of fused-ring (bicyclic) bond motifs is 6. The van der Waals surface area contributed by atoms with Crippen LogP contribution in [0, 0.1) is 0 Å². The van der Waals surface area contributed by atoms with E-state index in [0.717, 1.165) is 40.8 Å². The lowest BCUT2D eigenvalue weighted by molar-refractivity contribution is -0.149. The number of esters is 1. The van der Waals surface area contributed by atoms with E-state index in [-0.39, 0.29) is 6.61 Å². The second-order valence-electron chi connectivity index (χ2n) is 9.60. The van der Waals surface area contributed by atoms with Gasteiger partial charge >= 0.3 is 5.97 Å². The molecular weight excluding hydrogens is 488 g/mol. The number of hydrogen-bond donors (Lipinski definition) is 0. The van der Waals surface area contributed by atoms with Gasteiger partial charge in [0.1, 0.15) is 17.8 Å². The Morgan fingerprint density at radius 2 is 1.36 bits per heavy atom. The Kier molecular flexibility index (Phi) is 6.64. The molecule has 6 rings (SSSR count). The first-order chi connectivity index (χ1) is 19.1. The van der Waals surface area contributed by atoms with Crippen LogP contribution in [0.1, 0.15) is 29.2 Å². The molecule has 4 aromatic rings. The minimum absolute atomic E-state index is 0.108. The second-order valence-corrected chi connectivity index (χ2v) is 9.60. The summed E-state index contributed by atoms with van der Waals surface area (Å²) in [5.74, 6) is 0.907. The highest BCUT2D eigenvalue weighted by Crippen LogP contribution is 2.42. The smallest absolute Gasteiger partial charge is 0.337 e. The van der Waals surface area contributed by atoms with E-state index >= 15 is 0 Å². The SMILES string of the molecule is C=COC(COC(=O)C(C)=COc1cccc2c1Cc1ccccc1-2)Oc1cccc2c1Cc1ccccc1-2. The fourth-order valence-electron chi connectivity index (χ4n) is 5.28. The number of carbonyl (C=O) groups excluding carboxylic acids is 1. The standard InChI is InChI=1S/C34H28O5/c1-3-36-33(39-32-17-9-15-28-26-13-7-5-11-24(26)19-30(28)32)21-38-34(35)22(2)20-37-31-16-8-14-27-25-12-6-4-10-23(25)18-29(27)31/h3-17,20,33H,1,18-19,21H2,2H3. The van der Waals surface area contributed by atoms with E-state index in [1.807, 2.05) is 48.5 Å². The molecule has 2 aliphatic rings. The third-order valence-electron chi connectivity index (χ3n) is 7.16. The van der Waals surface area contributed by atoms with Crippen molar-refractivity contribution in [3.8, 4) is 33.8 Å². The summed E-state index contributed by atoms with van der Waals surface area (Å²) in [6.07, 6.45) is 3.45. The Labute approximate surface area is 227 Å². The van der Waals surface area contributed by atoms with Gasteiger partial charge in [0.05, 0.1) is 11.8 Å². The Balaban J connectivity index is 1.10. The lowest BCUT2D eigenvalue weighted by atomic mass is 10.1. The van der Waals surface area contributed by atoms with E-state index < -0.39 is 12.3 Å². The topological polar surface area (TPSA) is 54.0 Å². The van der Waals surface area contributed by atoms with E-state index in [1.54, 1.807) is 6.92 Å². The highest BCUT2D eigenvalue weighted by Gasteiger charge is 2.24. The number of ether oxygens (including phenoxy) is 4. The van der Waals surface area contributed by atoms with Crippen LogP contribution in [0.3, 0.4) is 0 Å². The fraction of sp³-hybridized carbons (Fsp3) is 0.147. The normalized spacial score (nSPS) is 13.4. The Morgan fingerprint density at radius 3 is 2.00 bits per heavy atom. The van der Waals surface area contributed by atoms with Crippen molar-refractivity contribution in [2.75, 3.05) is 6.61 Å². The Morgan fingerprint density at radius 1 is 0.795 bits per heavy atom. The third kappa shape index (κ3) is 4.79. The summed E-state index contributed by atoms with van der Waals surface area (Å²) in [6.45, 7) is 5.19. The molecule has 5 heteroatoms. The molecule has 1 atom stereocenters. The van der Waals surface area contributed by atoms with Crippen LogP contribution in [0.25, 0.3) is 22.3 Å². The highest BCUT2D eigenvalue weighted by atomic mass is 16.7. The van der Waals surface area contributed by atoms with E-state index in [0.29, 0.717) is 11.3 Å². The maximum absolute atomic E-state index is 12.8. The molecule has 194 valence electrons. The fourth-order valence-corrected chi connectivity index (χ4v) is 5.28. The van der Waals surface area contributed by atoms with Crippen molar-refractivity contribution in [1.82, 2.24) is 0 Å². The zero-order valence-electron chi connectivity index (χ0n) is 21.7. The molecule has 0 aliphatic heterocycles. The maximum atomic E-state index is 12.8. The molecule has 5 nitrogen and oxygen atoms in total. The van der Waals surface area contributed by atoms with Gasteiger partial charge < -0.3 is 18.9 Å². The summed E-state index contributed by atoms with van der Waals surface area (Å²) in [5.41, 5.74) is 9.79. The van der Waals surface area contributed by atoms with E-state index in [2.05, 4.69) is 43.0 Å². The van der Waals surface area contributed by atoms with Crippen molar-refractivity contribution in [3.05, 3.63) is 132 Å². The molecule has 0 heterocycles. The second kappa shape index (κ2) is 10.5. The minimum Gasteiger partial charge on any atom is -0.464 e. The number of rotatable bonds is 9. The molecule has 1 unspecified atom stereocenters. The number of carbonyl (C=O) groups is 1. The van der Waals surface area contributed by atoms with E-state index in [1.165, 1.54) is 34.8 Å². The van der Waals surface area contributed by atoms with Gasteiger partial charge in [0.2, 0.25) is 0 Å². The molecule has 2 aliphatic carbocycles. The van der Waals surface area contributed by atoms with Gasteiger partial charge in [-0.25, -0.2) is 4.79 Å². The molecule has 0 saturated heterocycles. The van der Waals surface area contributed by atoms with Crippen LogP contribution >= 0.6 is 0 Å². The predicted octanol–water partition coefficient (Wildman–Crippen LogP) is 7.22. The molecule has 39 heavy (non-hydrogen) atoms. The van der Waals surface area contributed by atoms with Crippen molar-refractivity contribution in [3.63, 3.8) is 0 Å². The third-order valence-corrected chi connectivity index (χ3v) is 7.16. The summed E-state index contributed by atoms with van der Waals surface area (Å²) in [5, 5.41) is 0. The molecule has 0 aromatic heterocycles. The van der Waals surface area contributed by atoms with Crippen LogP contribution < -0.4 is 9.47 Å². The summed E-state index contributed by atoms with van der Waals surface area (Å²) < 4.78 is 23.2. The van der Waals surface area contributed by atoms with Gasteiger partial charge in [-0.1, -0.05) is 79.4 Å². The van der Waals surface area contributed by atoms with Crippen molar-refractivity contribution in [1.29, 1.82) is 0 Å². The van der Waals surface area contributed by atoms with Gasteiger partial charge in [-0.2, -0.15) is 0 Å². The maximum Gasteiger partial charge on any atom is 0.337 e. The molecule has 0 radical (unpaired) electrons. The first-order valence-corrected chi connectivity index (χ1v) is 13.0. The average Bonchev–Trinajstić information content (AvgIpc) is 3.54. The molecular formula is C34H28O5. The van der Waals surface area contributed by atoms with Crippen LogP contribution in [0.2, 0.25) is 0 Å². The van der Waals surface area contributed by atoms with Gasteiger partial charge in [0.15, 0.2) is 6.61 Å². The Hall–Kier alpha value is -4.77. The molecule has 0 amide bonds. The van der Waals surface area contributed by atoms with Crippen LogP contribution in [0.5, 0.6) is 11.5 Å². The van der Waals surface area contributed by atoms with Gasteiger partial charge in [0, 0.05) is 24.0 Å². The highest BCUT2D eigenvalue weighted by molar-refractivity contribution is 5.87. The number of benzene rings is 4. The van der Waals surface area contributed by atoms with Gasteiger partial charge in [-0.05, 0) is 52.4 Å². The molecule has 4 aromatic carbocycles. The van der Waals surface area contributed by atoms with Crippen molar-refractivity contribution in [2.24, 2.45) is 0 Å². The lowest BCUT2D eigenvalue weighted by Crippen LogP contribution is -2.27. The summed E-state index contributed by atoms with van der Waals surface area (Å²) in [6, 6.07) is 28.6. The van der Waals surface area contributed by atoms with Crippen LogP contribution in [-0.2, 0) is 27.1 Å². The van der Waals surface area contributed by atoms with Gasteiger partial charge in [0.25, 0.3) is 6.29 Å². The van der Waals surface area contributed by atoms with Gasteiger partial charge in [-0.3, -0.25) is 0 Å². The zero-order chi connectivity index (χ0) is 26.8. The summed E-state index contributed by atoms with van der Waals surface area (Å²) in [4.78, 5) is 12.8. The number of hydrogen-bond acceptors (Lipinski definition) is 5. The zero-order valence-corrected chi connectivity index (χ0v) is 21.7. The largest absolute Gasteiger partial charge is 0.464 e.